The lowest BCUT2D eigenvalue weighted by atomic mass is 10.0. The smallest absolute Gasteiger partial charge is 0.326 e. The van der Waals surface area contributed by atoms with Crippen molar-refractivity contribution in [2.45, 2.75) is 117 Å². The Labute approximate surface area is 263 Å². The minimum atomic E-state index is -3.87. The zero-order chi connectivity index (χ0) is 31.9. The molecule has 11 heteroatoms. The van der Waals surface area contributed by atoms with Gasteiger partial charge in [0.25, 0.3) is 0 Å². The Morgan fingerprint density at radius 2 is 1.33 bits per heavy atom. The lowest BCUT2D eigenvalue weighted by molar-refractivity contribution is -0.157. The van der Waals surface area contributed by atoms with E-state index in [1.807, 2.05) is 6.07 Å². The van der Waals surface area contributed by atoms with E-state index in [1.54, 1.807) is 13.8 Å². The third kappa shape index (κ3) is 16.7. The van der Waals surface area contributed by atoms with Gasteiger partial charge in [-0.3, -0.25) is 14.6 Å². The van der Waals surface area contributed by atoms with Gasteiger partial charge >= 0.3 is 22.1 Å². The number of carbonyl (C=O) groups excluding carboxylic acids is 2. The zero-order valence-electron chi connectivity index (χ0n) is 26.1. The molecule has 242 valence electrons. The van der Waals surface area contributed by atoms with E-state index >= 15 is 0 Å². The van der Waals surface area contributed by atoms with E-state index < -0.39 is 28.0 Å². The maximum Gasteiger partial charge on any atom is 0.326 e. The number of halogens is 1. The molecule has 0 fully saturated rings. The van der Waals surface area contributed by atoms with Gasteiger partial charge in [-0.15, -0.1) is 0 Å². The number of aliphatic imine (C=N–C) groups is 1. The highest BCUT2D eigenvalue weighted by Crippen LogP contribution is 2.31. The SMILES string of the molecule is CCCCCCCCCCCCCCCCS(=O)(=O)Oc1ccc(Cl)c(N=C(CC#N)C(C(=O)OCC)C(=O)OCC)c1. The number of esters is 2. The fraction of sp³-hybridized carbons (Fsp3) is 0.688. The molecule has 1 rings (SSSR count). The highest BCUT2D eigenvalue weighted by molar-refractivity contribution is 7.87. The molecule has 0 unspecified atom stereocenters. The second-order valence-corrected chi connectivity index (χ2v) is 12.5. The number of unbranched alkanes of at least 4 members (excludes halogenated alkanes) is 13. The van der Waals surface area contributed by atoms with Crippen molar-refractivity contribution in [1.82, 2.24) is 0 Å². The van der Waals surface area contributed by atoms with Gasteiger partial charge in [-0.2, -0.15) is 13.7 Å². The van der Waals surface area contributed by atoms with E-state index in [-0.39, 0.29) is 47.6 Å². The molecule has 1 aromatic carbocycles. The maximum absolute atomic E-state index is 12.6. The van der Waals surface area contributed by atoms with Crippen molar-refractivity contribution >= 4 is 45.1 Å². The topological polar surface area (TPSA) is 132 Å². The first-order valence-corrected chi connectivity index (χ1v) is 17.6. The third-order valence-corrected chi connectivity index (χ3v) is 8.35. The Kier molecular flexibility index (Phi) is 20.4. The number of rotatable bonds is 24. The van der Waals surface area contributed by atoms with Gasteiger partial charge in [-0.25, -0.2) is 0 Å². The average molecular weight is 641 g/mol. The third-order valence-electron chi connectivity index (χ3n) is 6.79. The molecule has 0 radical (unpaired) electrons. The van der Waals surface area contributed by atoms with Crippen molar-refractivity contribution in [2.24, 2.45) is 10.9 Å². The molecule has 0 aliphatic heterocycles. The molecule has 0 spiro atoms. The largest absolute Gasteiger partial charge is 0.465 e. The molecule has 0 saturated carbocycles. The van der Waals surface area contributed by atoms with E-state index in [9.17, 15) is 23.3 Å². The Hall–Kier alpha value is -2.64. The summed E-state index contributed by atoms with van der Waals surface area (Å²) < 4.78 is 40.5. The molecule has 0 N–H and O–H groups in total. The quantitative estimate of drug-likeness (QED) is 0.0362. The van der Waals surface area contributed by atoms with Gasteiger partial charge in [0, 0.05) is 6.07 Å². The van der Waals surface area contributed by atoms with Gasteiger partial charge in [-0.05, 0) is 32.4 Å². The van der Waals surface area contributed by atoms with E-state index in [0.717, 1.165) is 19.3 Å². The van der Waals surface area contributed by atoms with Gasteiger partial charge in [0.15, 0.2) is 5.92 Å². The lowest BCUT2D eigenvalue weighted by Crippen LogP contribution is -2.34. The van der Waals surface area contributed by atoms with E-state index in [0.29, 0.717) is 6.42 Å². The van der Waals surface area contributed by atoms with Crippen LogP contribution < -0.4 is 4.18 Å². The van der Waals surface area contributed by atoms with Crippen molar-refractivity contribution < 1.29 is 31.7 Å². The molecule has 0 atom stereocenters. The number of hydrogen-bond donors (Lipinski definition) is 0. The Morgan fingerprint density at radius 3 is 1.79 bits per heavy atom. The fourth-order valence-electron chi connectivity index (χ4n) is 4.55. The van der Waals surface area contributed by atoms with E-state index in [2.05, 4.69) is 11.9 Å². The van der Waals surface area contributed by atoms with Crippen LogP contribution in [0.1, 0.15) is 117 Å². The van der Waals surface area contributed by atoms with Crippen molar-refractivity contribution in [3.05, 3.63) is 23.2 Å². The summed E-state index contributed by atoms with van der Waals surface area (Å²) in [5.74, 6) is -3.53. The van der Waals surface area contributed by atoms with Crippen molar-refractivity contribution in [2.75, 3.05) is 19.0 Å². The second-order valence-electron chi connectivity index (χ2n) is 10.4. The Morgan fingerprint density at radius 1 is 0.837 bits per heavy atom. The Balaban J connectivity index is 2.66. The highest BCUT2D eigenvalue weighted by Gasteiger charge is 2.35. The molecular weight excluding hydrogens is 592 g/mol. The molecule has 1 aromatic rings. The van der Waals surface area contributed by atoms with Crippen LogP contribution in [0.2, 0.25) is 5.02 Å². The summed E-state index contributed by atoms with van der Waals surface area (Å²) >= 11 is 6.27. The van der Waals surface area contributed by atoms with E-state index in [1.165, 1.54) is 82.4 Å². The van der Waals surface area contributed by atoms with Gasteiger partial charge in [0.2, 0.25) is 0 Å². The predicted molar refractivity (Wildman–Crippen MR) is 170 cm³/mol. The average Bonchev–Trinajstić information content (AvgIpc) is 2.95. The van der Waals surface area contributed by atoms with Crippen LogP contribution in [0.15, 0.2) is 23.2 Å². The van der Waals surface area contributed by atoms with Crippen molar-refractivity contribution in [3.63, 3.8) is 0 Å². The molecule has 9 nitrogen and oxygen atoms in total. The maximum atomic E-state index is 12.6. The van der Waals surface area contributed by atoms with Crippen LogP contribution in [0, 0.1) is 17.2 Å². The first-order valence-electron chi connectivity index (χ1n) is 15.7. The molecule has 0 aliphatic rings. The summed E-state index contributed by atoms with van der Waals surface area (Å²) in [6.07, 6.45) is 16.0. The highest BCUT2D eigenvalue weighted by atomic mass is 35.5. The minimum Gasteiger partial charge on any atom is -0.465 e. The predicted octanol–water partition coefficient (Wildman–Crippen LogP) is 8.26. The number of benzene rings is 1. The fourth-order valence-corrected chi connectivity index (χ4v) is 5.75. The molecule has 0 heterocycles. The van der Waals surface area contributed by atoms with Crippen LogP contribution >= 0.6 is 11.6 Å². The summed E-state index contributed by atoms with van der Waals surface area (Å²) in [5, 5.41) is 9.43. The molecule has 43 heavy (non-hydrogen) atoms. The first kappa shape index (κ1) is 38.4. The molecule has 0 aromatic heterocycles. The number of carbonyl (C=O) groups is 2. The van der Waals surface area contributed by atoms with Gasteiger partial charge in [-0.1, -0.05) is 102 Å². The van der Waals surface area contributed by atoms with Crippen molar-refractivity contribution in [1.29, 1.82) is 5.26 Å². The van der Waals surface area contributed by atoms with Crippen LogP contribution in [0.5, 0.6) is 5.75 Å². The molecule has 0 bridgehead atoms. The van der Waals surface area contributed by atoms with Crippen LogP contribution in [0.3, 0.4) is 0 Å². The first-order chi connectivity index (χ1) is 20.7. The normalized spacial score (nSPS) is 11.8. The standard InChI is InChI=1S/C32H49ClN2O7S/c1-4-7-8-9-10-11-12-13-14-15-16-17-18-19-24-43(38,39)42-26-20-21-27(33)29(25-26)35-28(22-23-34)30(31(36)40-5-2)32(37)41-6-3/h20-21,25,30H,4-19,22,24H2,1-3H3. The summed E-state index contributed by atoms with van der Waals surface area (Å²) in [7, 11) is -3.87. The minimum absolute atomic E-state index is 0.00974. The monoisotopic (exact) mass is 640 g/mol. The van der Waals surface area contributed by atoms with Crippen LogP contribution in [0.25, 0.3) is 0 Å². The van der Waals surface area contributed by atoms with Crippen LogP contribution in [-0.4, -0.2) is 45.0 Å². The zero-order valence-corrected chi connectivity index (χ0v) is 27.6. The lowest BCUT2D eigenvalue weighted by Gasteiger charge is -2.16. The number of nitriles is 1. The van der Waals surface area contributed by atoms with E-state index in [4.69, 9.17) is 25.3 Å². The summed E-state index contributed by atoms with van der Waals surface area (Å²) in [4.78, 5) is 29.3. The van der Waals surface area contributed by atoms with Gasteiger partial charge in [0.05, 0.1) is 47.9 Å². The number of ether oxygens (including phenoxy) is 2. The van der Waals surface area contributed by atoms with Crippen LogP contribution in [-0.2, 0) is 29.2 Å². The number of nitrogens with zero attached hydrogens (tertiary/aromatic N) is 2. The van der Waals surface area contributed by atoms with Crippen LogP contribution in [0.4, 0.5) is 5.69 Å². The summed E-state index contributed by atoms with van der Waals surface area (Å²) in [6.45, 7) is 5.42. The van der Waals surface area contributed by atoms with Crippen molar-refractivity contribution in [3.8, 4) is 11.8 Å². The number of hydrogen-bond acceptors (Lipinski definition) is 9. The summed E-state index contributed by atoms with van der Waals surface area (Å²) in [6, 6.07) is 5.95. The molecular formula is C32H49ClN2O7S. The molecule has 0 aliphatic carbocycles. The molecule has 0 saturated heterocycles. The molecule has 0 amide bonds. The summed E-state index contributed by atoms with van der Waals surface area (Å²) in [5.41, 5.74) is -0.0987. The second kappa shape index (κ2) is 22.8. The Bertz CT molecular complexity index is 1130. The van der Waals surface area contributed by atoms with Gasteiger partial charge in [0.1, 0.15) is 5.75 Å². The van der Waals surface area contributed by atoms with Gasteiger partial charge < -0.3 is 13.7 Å².